The van der Waals surface area contributed by atoms with Crippen LogP contribution in [0.5, 0.6) is 5.88 Å². The van der Waals surface area contributed by atoms with Crippen molar-refractivity contribution < 1.29 is 9.47 Å². The number of ether oxygens (including phenoxy) is 2. The van der Waals surface area contributed by atoms with Crippen molar-refractivity contribution in [3.63, 3.8) is 0 Å². The van der Waals surface area contributed by atoms with Crippen LogP contribution in [-0.2, 0) is 4.74 Å². The van der Waals surface area contributed by atoms with Crippen LogP contribution in [0.25, 0.3) is 32.9 Å². The molecule has 0 unspecified atom stereocenters. The van der Waals surface area contributed by atoms with E-state index in [0.717, 1.165) is 86.1 Å². The largest absolute Gasteiger partial charge is 0.474 e. The molecule has 0 bridgehead atoms. The topological polar surface area (TPSA) is 75.3 Å². The predicted octanol–water partition coefficient (Wildman–Crippen LogP) is 4.00. The molecule has 2 aliphatic rings. The standard InChI is InChI=1S/C27H31N5O2/c1(10-32-11-8-28-9-12-32)13-33-21-15-22(16-21)34-27-5-3-20(17-30-27)19-2-4-23-24-18-29-7-6-25(24)31-26(23)14-19/h2-7,14,17-18,21-22,28,31H,1,8-13,15-16H2/t21-,22-. The van der Waals surface area contributed by atoms with E-state index in [1.165, 1.54) is 5.39 Å². The molecule has 7 nitrogen and oxygen atoms in total. The van der Waals surface area contributed by atoms with E-state index < -0.39 is 0 Å². The van der Waals surface area contributed by atoms with Gasteiger partial charge in [0.2, 0.25) is 5.88 Å². The average Bonchev–Trinajstić information content (AvgIpc) is 3.23. The lowest BCUT2D eigenvalue weighted by molar-refractivity contribution is -0.0636. The molecule has 1 saturated heterocycles. The molecule has 7 heteroatoms. The van der Waals surface area contributed by atoms with Crippen molar-refractivity contribution in [2.24, 2.45) is 0 Å². The number of H-pyrrole nitrogens is 1. The highest BCUT2D eigenvalue weighted by atomic mass is 16.5. The summed E-state index contributed by atoms with van der Waals surface area (Å²) < 4.78 is 12.1. The molecule has 4 heterocycles. The van der Waals surface area contributed by atoms with Crippen LogP contribution >= 0.6 is 0 Å². The first kappa shape index (κ1) is 21.5. The number of piperazine rings is 1. The number of nitrogens with zero attached hydrogens (tertiary/aromatic N) is 3. The van der Waals surface area contributed by atoms with E-state index in [4.69, 9.17) is 9.47 Å². The summed E-state index contributed by atoms with van der Waals surface area (Å²) in [6.07, 6.45) is 9.14. The van der Waals surface area contributed by atoms with Crippen LogP contribution < -0.4 is 10.1 Å². The van der Waals surface area contributed by atoms with Gasteiger partial charge < -0.3 is 24.7 Å². The summed E-state index contributed by atoms with van der Waals surface area (Å²) in [4.78, 5) is 14.8. The maximum atomic E-state index is 6.06. The van der Waals surface area contributed by atoms with Crippen LogP contribution in [0.4, 0.5) is 0 Å². The normalized spacial score (nSPS) is 21.1. The fraction of sp³-hybridized carbons (Fsp3) is 0.407. The zero-order valence-electron chi connectivity index (χ0n) is 19.4. The van der Waals surface area contributed by atoms with E-state index in [9.17, 15) is 0 Å². The Kier molecular flexibility index (Phi) is 6.14. The molecular weight excluding hydrogens is 426 g/mol. The molecule has 0 spiro atoms. The highest BCUT2D eigenvalue weighted by Gasteiger charge is 2.31. The van der Waals surface area contributed by atoms with Crippen molar-refractivity contribution in [2.75, 3.05) is 39.3 Å². The second-order valence-corrected chi connectivity index (χ2v) is 9.34. The molecule has 0 atom stereocenters. The summed E-state index contributed by atoms with van der Waals surface area (Å²) in [5.41, 5.74) is 4.41. The van der Waals surface area contributed by atoms with Crippen LogP contribution in [0.1, 0.15) is 19.3 Å². The van der Waals surface area contributed by atoms with E-state index in [0.29, 0.717) is 12.0 Å². The summed E-state index contributed by atoms with van der Waals surface area (Å²) in [5, 5.41) is 5.73. The Hall–Kier alpha value is -3.00. The lowest BCUT2D eigenvalue weighted by Gasteiger charge is -2.35. The van der Waals surface area contributed by atoms with E-state index in [1.807, 2.05) is 30.7 Å². The van der Waals surface area contributed by atoms with Gasteiger partial charge in [-0.25, -0.2) is 4.98 Å². The number of benzene rings is 1. The lowest BCUT2D eigenvalue weighted by atomic mass is 9.92. The molecule has 0 amide bonds. The third-order valence-electron chi connectivity index (χ3n) is 6.99. The fourth-order valence-electron chi connectivity index (χ4n) is 4.94. The molecule has 34 heavy (non-hydrogen) atoms. The first-order valence-electron chi connectivity index (χ1n) is 12.3. The summed E-state index contributed by atoms with van der Waals surface area (Å²) in [5.74, 6) is 0.684. The minimum atomic E-state index is 0.202. The van der Waals surface area contributed by atoms with Crippen LogP contribution in [0.15, 0.2) is 55.0 Å². The first-order chi connectivity index (χ1) is 16.8. The number of pyridine rings is 2. The van der Waals surface area contributed by atoms with Gasteiger partial charge >= 0.3 is 0 Å². The first-order valence-corrected chi connectivity index (χ1v) is 12.3. The monoisotopic (exact) mass is 457 g/mol. The lowest BCUT2D eigenvalue weighted by Crippen LogP contribution is -2.44. The van der Waals surface area contributed by atoms with Gasteiger partial charge in [0, 0.05) is 104 Å². The van der Waals surface area contributed by atoms with Crippen LogP contribution in [-0.4, -0.2) is 71.4 Å². The van der Waals surface area contributed by atoms with E-state index in [2.05, 4.69) is 49.4 Å². The zero-order valence-corrected chi connectivity index (χ0v) is 19.4. The molecule has 2 N–H and O–H groups in total. The van der Waals surface area contributed by atoms with Gasteiger partial charge in [0.25, 0.3) is 0 Å². The van der Waals surface area contributed by atoms with Gasteiger partial charge in [0.05, 0.1) is 6.10 Å². The van der Waals surface area contributed by atoms with Gasteiger partial charge in [0.1, 0.15) is 6.10 Å². The van der Waals surface area contributed by atoms with Crippen LogP contribution in [0.2, 0.25) is 0 Å². The molecular formula is C27H31N5O2. The molecule has 1 aromatic carbocycles. The van der Waals surface area contributed by atoms with Crippen molar-refractivity contribution in [1.82, 2.24) is 25.2 Å². The average molecular weight is 458 g/mol. The SMILES string of the molecule is c1cc2[nH]c3cc(-c4ccc(O[C@H]5C[C@H](OCCCN6CCNCC6)C5)nc4)ccc3c2cn1. The summed E-state index contributed by atoms with van der Waals surface area (Å²) in [7, 11) is 0. The Bertz CT molecular complexity index is 1240. The van der Waals surface area contributed by atoms with Crippen LogP contribution in [0, 0.1) is 0 Å². The van der Waals surface area contributed by atoms with Crippen molar-refractivity contribution in [3.05, 3.63) is 55.0 Å². The van der Waals surface area contributed by atoms with Crippen molar-refractivity contribution in [2.45, 2.75) is 31.5 Å². The quantitative estimate of drug-likeness (QED) is 0.390. The van der Waals surface area contributed by atoms with Crippen LogP contribution in [0.3, 0.4) is 0 Å². The van der Waals surface area contributed by atoms with Crippen molar-refractivity contribution in [1.29, 1.82) is 0 Å². The van der Waals surface area contributed by atoms with Crippen molar-refractivity contribution >= 4 is 21.8 Å². The van der Waals surface area contributed by atoms with Gasteiger partial charge in [-0.05, 0) is 30.2 Å². The summed E-state index contributed by atoms with van der Waals surface area (Å²) >= 11 is 0. The Morgan fingerprint density at radius 1 is 0.912 bits per heavy atom. The Labute approximate surface area is 199 Å². The zero-order chi connectivity index (χ0) is 22.7. The third kappa shape index (κ3) is 4.64. The maximum Gasteiger partial charge on any atom is 0.213 e. The molecule has 1 aliphatic carbocycles. The number of fused-ring (bicyclic) bond motifs is 3. The Morgan fingerprint density at radius 2 is 1.79 bits per heavy atom. The number of nitrogens with one attached hydrogen (secondary N) is 2. The van der Waals surface area contributed by atoms with Gasteiger partial charge in [-0.3, -0.25) is 4.98 Å². The molecule has 6 rings (SSSR count). The maximum absolute atomic E-state index is 6.06. The molecule has 0 radical (unpaired) electrons. The van der Waals surface area contributed by atoms with Crippen molar-refractivity contribution in [3.8, 4) is 17.0 Å². The molecule has 1 saturated carbocycles. The Morgan fingerprint density at radius 3 is 2.65 bits per heavy atom. The molecule has 176 valence electrons. The molecule has 3 aromatic heterocycles. The van der Waals surface area contributed by atoms with Gasteiger partial charge in [-0.15, -0.1) is 0 Å². The van der Waals surface area contributed by atoms with E-state index >= 15 is 0 Å². The van der Waals surface area contributed by atoms with Gasteiger partial charge in [-0.2, -0.15) is 0 Å². The number of hydrogen-bond acceptors (Lipinski definition) is 6. The highest BCUT2D eigenvalue weighted by Crippen LogP contribution is 2.31. The number of hydrogen-bond donors (Lipinski definition) is 2. The van der Waals surface area contributed by atoms with Gasteiger partial charge in [-0.1, -0.05) is 12.1 Å². The third-order valence-corrected chi connectivity index (χ3v) is 6.99. The van der Waals surface area contributed by atoms with E-state index in [1.54, 1.807) is 0 Å². The number of aromatic amines is 1. The minimum Gasteiger partial charge on any atom is -0.474 e. The second kappa shape index (κ2) is 9.70. The number of rotatable bonds is 8. The molecule has 1 aliphatic heterocycles. The Balaban J connectivity index is 0.984. The molecule has 2 fully saturated rings. The highest BCUT2D eigenvalue weighted by molar-refractivity contribution is 6.07. The smallest absolute Gasteiger partial charge is 0.213 e. The minimum absolute atomic E-state index is 0.202. The predicted molar refractivity (Wildman–Crippen MR) is 134 cm³/mol. The van der Waals surface area contributed by atoms with Gasteiger partial charge in [0.15, 0.2) is 0 Å². The fourth-order valence-corrected chi connectivity index (χ4v) is 4.94. The van der Waals surface area contributed by atoms with E-state index in [-0.39, 0.29) is 6.10 Å². The summed E-state index contributed by atoms with van der Waals surface area (Å²) in [6.45, 7) is 6.49. The molecule has 4 aromatic rings. The number of aromatic nitrogens is 3. The summed E-state index contributed by atoms with van der Waals surface area (Å²) in [6, 6.07) is 12.5. The second-order valence-electron chi connectivity index (χ2n) is 9.34.